The van der Waals surface area contributed by atoms with E-state index in [0.29, 0.717) is 5.92 Å². The maximum absolute atomic E-state index is 11.0. The number of aliphatic hydroxyl groups is 1. The van der Waals surface area contributed by atoms with Crippen LogP contribution in [0.1, 0.15) is 33.1 Å². The second-order valence-corrected chi connectivity index (χ2v) is 5.03. The summed E-state index contributed by atoms with van der Waals surface area (Å²) in [4.78, 5) is 13.3. The van der Waals surface area contributed by atoms with Gasteiger partial charge in [0.05, 0.1) is 0 Å². The van der Waals surface area contributed by atoms with E-state index in [1.54, 1.807) is 0 Å². The van der Waals surface area contributed by atoms with E-state index < -0.39 is 0 Å². The number of hydrogen-bond donors (Lipinski definition) is 1. The Morgan fingerprint density at radius 3 is 2.87 bits per heavy atom. The highest BCUT2D eigenvalue weighted by Gasteiger charge is 2.29. The van der Waals surface area contributed by atoms with Crippen LogP contribution in [0, 0.1) is 11.3 Å². The number of aliphatic hydroxyl groups excluding tert-OH is 1. The van der Waals surface area contributed by atoms with Crippen molar-refractivity contribution in [3.8, 4) is 0 Å². The Kier molecular flexibility index (Phi) is 4.74. The molecule has 0 aromatic rings. The first kappa shape index (κ1) is 12.7. The van der Waals surface area contributed by atoms with Gasteiger partial charge in [0.15, 0.2) is 0 Å². The highest BCUT2D eigenvalue weighted by molar-refractivity contribution is 5.58. The van der Waals surface area contributed by atoms with Crippen molar-refractivity contribution in [2.75, 3.05) is 26.2 Å². The lowest BCUT2D eigenvalue weighted by Gasteiger charge is -2.27. The van der Waals surface area contributed by atoms with Gasteiger partial charge in [-0.3, -0.25) is 0 Å². The molecule has 1 aliphatic heterocycles. The molecule has 3 nitrogen and oxygen atoms in total. The standard InChI is InChI=1S/C12H23NO2/c1-3-12(2,10-15)9-13-6-4-11(8-13)5-7-14/h10-11,14H,3-9H2,1-2H3. The molecule has 0 aromatic carbocycles. The van der Waals surface area contributed by atoms with Crippen molar-refractivity contribution in [1.82, 2.24) is 4.90 Å². The number of rotatable bonds is 6. The number of aldehydes is 1. The highest BCUT2D eigenvalue weighted by Crippen LogP contribution is 2.25. The van der Waals surface area contributed by atoms with Crippen molar-refractivity contribution in [2.24, 2.45) is 11.3 Å². The molecule has 1 heterocycles. The summed E-state index contributed by atoms with van der Waals surface area (Å²) >= 11 is 0. The molecule has 1 N–H and O–H groups in total. The summed E-state index contributed by atoms with van der Waals surface area (Å²) in [5, 5.41) is 8.86. The quantitative estimate of drug-likeness (QED) is 0.676. The molecule has 88 valence electrons. The van der Waals surface area contributed by atoms with E-state index in [2.05, 4.69) is 11.8 Å². The van der Waals surface area contributed by atoms with Crippen molar-refractivity contribution in [3.05, 3.63) is 0 Å². The van der Waals surface area contributed by atoms with Gasteiger partial charge in [0, 0.05) is 25.1 Å². The van der Waals surface area contributed by atoms with Crippen molar-refractivity contribution >= 4 is 6.29 Å². The lowest BCUT2D eigenvalue weighted by atomic mass is 9.89. The van der Waals surface area contributed by atoms with Crippen LogP contribution >= 0.6 is 0 Å². The minimum Gasteiger partial charge on any atom is -0.396 e. The summed E-state index contributed by atoms with van der Waals surface area (Å²) in [6, 6.07) is 0. The fourth-order valence-corrected chi connectivity index (χ4v) is 2.22. The molecule has 1 fully saturated rings. The summed E-state index contributed by atoms with van der Waals surface area (Å²) < 4.78 is 0. The first-order valence-electron chi connectivity index (χ1n) is 5.93. The number of nitrogens with zero attached hydrogens (tertiary/aromatic N) is 1. The Labute approximate surface area is 92.5 Å². The van der Waals surface area contributed by atoms with Crippen molar-refractivity contribution in [3.63, 3.8) is 0 Å². The normalized spacial score (nSPS) is 26.5. The number of likely N-dealkylation sites (tertiary alicyclic amines) is 1. The fraction of sp³-hybridized carbons (Fsp3) is 0.917. The predicted octanol–water partition coefficient (Wildman–Crippen LogP) is 1.31. The molecule has 0 spiro atoms. The van der Waals surface area contributed by atoms with Crippen LogP contribution in [0.5, 0.6) is 0 Å². The summed E-state index contributed by atoms with van der Waals surface area (Å²) in [7, 11) is 0. The van der Waals surface area contributed by atoms with Gasteiger partial charge in [0.25, 0.3) is 0 Å². The molecular weight excluding hydrogens is 190 g/mol. The van der Waals surface area contributed by atoms with Crippen LogP contribution in [-0.4, -0.2) is 42.5 Å². The summed E-state index contributed by atoms with van der Waals surface area (Å²) in [5.74, 6) is 0.628. The zero-order valence-electron chi connectivity index (χ0n) is 9.91. The monoisotopic (exact) mass is 213 g/mol. The van der Waals surface area contributed by atoms with Crippen molar-refractivity contribution in [1.29, 1.82) is 0 Å². The zero-order valence-corrected chi connectivity index (χ0v) is 9.91. The first-order chi connectivity index (χ1) is 7.13. The van der Waals surface area contributed by atoms with E-state index >= 15 is 0 Å². The molecule has 1 aliphatic rings. The van der Waals surface area contributed by atoms with Gasteiger partial charge in [-0.05, 0) is 31.7 Å². The molecule has 0 bridgehead atoms. The highest BCUT2D eigenvalue weighted by atomic mass is 16.3. The average Bonchev–Trinajstić information content (AvgIpc) is 2.66. The smallest absolute Gasteiger partial charge is 0.127 e. The van der Waals surface area contributed by atoms with Gasteiger partial charge >= 0.3 is 0 Å². The van der Waals surface area contributed by atoms with E-state index in [-0.39, 0.29) is 12.0 Å². The Bertz CT molecular complexity index is 208. The molecule has 15 heavy (non-hydrogen) atoms. The third-order valence-corrected chi connectivity index (χ3v) is 3.58. The molecule has 0 aromatic heterocycles. The Morgan fingerprint density at radius 2 is 2.33 bits per heavy atom. The molecule has 3 heteroatoms. The van der Waals surface area contributed by atoms with E-state index in [9.17, 15) is 4.79 Å². The second-order valence-electron chi connectivity index (χ2n) is 5.03. The van der Waals surface area contributed by atoms with Gasteiger partial charge in [-0.2, -0.15) is 0 Å². The van der Waals surface area contributed by atoms with Gasteiger partial charge in [-0.1, -0.05) is 13.8 Å². The average molecular weight is 213 g/mol. The predicted molar refractivity (Wildman–Crippen MR) is 60.7 cm³/mol. The molecule has 0 amide bonds. The lowest BCUT2D eigenvalue weighted by molar-refractivity contribution is -0.116. The zero-order chi connectivity index (χ0) is 11.3. The molecule has 2 unspecified atom stereocenters. The van der Waals surface area contributed by atoms with Crippen LogP contribution < -0.4 is 0 Å². The topological polar surface area (TPSA) is 40.5 Å². The Morgan fingerprint density at radius 1 is 1.60 bits per heavy atom. The lowest BCUT2D eigenvalue weighted by Crippen LogP contribution is -2.35. The third kappa shape index (κ3) is 3.58. The molecule has 1 rings (SSSR count). The van der Waals surface area contributed by atoms with Gasteiger partial charge < -0.3 is 14.8 Å². The number of carbonyl (C=O) groups is 1. The minimum atomic E-state index is -0.186. The largest absolute Gasteiger partial charge is 0.396 e. The van der Waals surface area contributed by atoms with Crippen LogP contribution in [-0.2, 0) is 4.79 Å². The number of carbonyl (C=O) groups excluding carboxylic acids is 1. The van der Waals surface area contributed by atoms with Gasteiger partial charge in [-0.25, -0.2) is 0 Å². The first-order valence-corrected chi connectivity index (χ1v) is 5.93. The van der Waals surface area contributed by atoms with Crippen LogP contribution in [0.4, 0.5) is 0 Å². The van der Waals surface area contributed by atoms with E-state index in [0.717, 1.165) is 38.8 Å². The van der Waals surface area contributed by atoms with Crippen LogP contribution in [0.3, 0.4) is 0 Å². The second kappa shape index (κ2) is 5.61. The van der Waals surface area contributed by atoms with Crippen molar-refractivity contribution in [2.45, 2.75) is 33.1 Å². The molecule has 1 saturated heterocycles. The third-order valence-electron chi connectivity index (χ3n) is 3.58. The van der Waals surface area contributed by atoms with Gasteiger partial charge in [-0.15, -0.1) is 0 Å². The van der Waals surface area contributed by atoms with Crippen LogP contribution in [0.25, 0.3) is 0 Å². The molecule has 0 saturated carbocycles. The minimum absolute atomic E-state index is 0.186. The summed E-state index contributed by atoms with van der Waals surface area (Å²) in [6.45, 7) is 7.37. The van der Waals surface area contributed by atoms with E-state index in [1.165, 1.54) is 6.42 Å². The maximum atomic E-state index is 11.0. The van der Waals surface area contributed by atoms with Crippen LogP contribution in [0.2, 0.25) is 0 Å². The number of hydrogen-bond acceptors (Lipinski definition) is 3. The maximum Gasteiger partial charge on any atom is 0.127 e. The Hall–Kier alpha value is -0.410. The van der Waals surface area contributed by atoms with Crippen LogP contribution in [0.15, 0.2) is 0 Å². The fourth-order valence-electron chi connectivity index (χ4n) is 2.22. The van der Waals surface area contributed by atoms with Crippen molar-refractivity contribution < 1.29 is 9.90 Å². The molecule has 2 atom stereocenters. The Balaban J connectivity index is 2.37. The van der Waals surface area contributed by atoms with Gasteiger partial charge in [0.1, 0.15) is 6.29 Å². The van der Waals surface area contributed by atoms with E-state index in [1.807, 2.05) is 6.92 Å². The summed E-state index contributed by atoms with van der Waals surface area (Å²) in [5.41, 5.74) is -0.186. The SMILES string of the molecule is CCC(C)(C=O)CN1CCC(CCO)C1. The summed E-state index contributed by atoms with van der Waals surface area (Å²) in [6.07, 6.45) is 4.06. The molecule has 0 radical (unpaired) electrons. The van der Waals surface area contributed by atoms with E-state index in [4.69, 9.17) is 5.11 Å². The molecule has 0 aliphatic carbocycles. The molecular formula is C12H23NO2. The van der Waals surface area contributed by atoms with Gasteiger partial charge in [0.2, 0.25) is 0 Å².